The van der Waals surface area contributed by atoms with Gasteiger partial charge in [0, 0.05) is 45.1 Å². The number of nitrogens with zero attached hydrogens (tertiary/aromatic N) is 5. The van der Waals surface area contributed by atoms with Crippen LogP contribution >= 0.6 is 0 Å². The summed E-state index contributed by atoms with van der Waals surface area (Å²) in [6, 6.07) is -0.198. The first-order valence-corrected chi connectivity index (χ1v) is 8.41. The highest BCUT2D eigenvalue weighted by Crippen LogP contribution is 2.20. The number of hydrogen-bond donors (Lipinski definition) is 1. The Morgan fingerprint density at radius 1 is 1.17 bits per heavy atom. The molecule has 2 aliphatic rings. The van der Waals surface area contributed by atoms with E-state index in [1.54, 1.807) is 18.6 Å². The molecule has 8 heteroatoms. The predicted octanol–water partition coefficient (Wildman–Crippen LogP) is 0.0643. The number of anilines is 1. The topological polar surface area (TPSA) is 89.9 Å². The second-order valence-electron chi connectivity index (χ2n) is 6.25. The van der Waals surface area contributed by atoms with Crippen molar-refractivity contribution in [3.8, 4) is 0 Å². The van der Waals surface area contributed by atoms with Crippen LogP contribution < -0.4 is 4.90 Å². The normalized spacial score (nSPS) is 23.2. The lowest BCUT2D eigenvalue weighted by molar-refractivity contribution is -0.146. The number of carboxylic acid groups (broad SMARTS) is 1. The molecule has 3 rings (SSSR count). The first-order chi connectivity index (χ1) is 11.6. The molecule has 2 saturated heterocycles. The summed E-state index contributed by atoms with van der Waals surface area (Å²) in [5.41, 5.74) is 0. The van der Waals surface area contributed by atoms with E-state index in [1.807, 2.05) is 0 Å². The van der Waals surface area contributed by atoms with E-state index >= 15 is 0 Å². The molecule has 1 N–H and O–H groups in total. The average molecular weight is 333 g/mol. The van der Waals surface area contributed by atoms with Crippen LogP contribution in [0.3, 0.4) is 0 Å². The van der Waals surface area contributed by atoms with E-state index in [9.17, 15) is 9.59 Å². The van der Waals surface area contributed by atoms with Crippen LogP contribution in [0.4, 0.5) is 5.82 Å². The maximum atomic E-state index is 12.7. The zero-order chi connectivity index (χ0) is 16.9. The minimum atomic E-state index is -0.948. The average Bonchev–Trinajstić information content (AvgIpc) is 2.78. The van der Waals surface area contributed by atoms with Crippen molar-refractivity contribution in [1.82, 2.24) is 19.8 Å². The Hall–Kier alpha value is -2.22. The van der Waals surface area contributed by atoms with E-state index in [-0.39, 0.29) is 18.5 Å². The van der Waals surface area contributed by atoms with Gasteiger partial charge in [-0.2, -0.15) is 0 Å². The molecule has 2 fully saturated rings. The molecule has 8 nitrogen and oxygen atoms in total. The van der Waals surface area contributed by atoms with Crippen molar-refractivity contribution in [1.29, 1.82) is 0 Å². The standard InChI is InChI=1S/C16H23N5O3/c22-15(23)12-21-6-2-1-3-13(16(21)24)19-7-9-20(10-8-19)14-11-17-4-5-18-14/h4-5,11,13H,1-3,6-10,12H2,(H,22,23). The Labute approximate surface area is 141 Å². The second kappa shape index (κ2) is 7.57. The molecule has 3 heterocycles. The summed E-state index contributed by atoms with van der Waals surface area (Å²) in [4.78, 5) is 38.0. The molecule has 1 amide bonds. The number of piperazine rings is 1. The van der Waals surface area contributed by atoms with Gasteiger partial charge in [-0.15, -0.1) is 0 Å². The van der Waals surface area contributed by atoms with Gasteiger partial charge in [-0.05, 0) is 19.3 Å². The fourth-order valence-electron chi connectivity index (χ4n) is 3.46. The zero-order valence-corrected chi connectivity index (χ0v) is 13.7. The molecule has 0 spiro atoms. The third-order valence-electron chi connectivity index (χ3n) is 4.71. The molecular formula is C16H23N5O3. The van der Waals surface area contributed by atoms with E-state index in [4.69, 9.17) is 5.11 Å². The Balaban J connectivity index is 1.62. The monoisotopic (exact) mass is 333 g/mol. The van der Waals surface area contributed by atoms with Crippen LogP contribution in [-0.4, -0.2) is 82.1 Å². The number of carboxylic acids is 1. The van der Waals surface area contributed by atoms with Crippen molar-refractivity contribution in [2.75, 3.05) is 44.2 Å². The van der Waals surface area contributed by atoms with Gasteiger partial charge in [0.25, 0.3) is 0 Å². The minimum absolute atomic E-state index is 0.0390. The highest BCUT2D eigenvalue weighted by molar-refractivity contribution is 5.85. The summed E-state index contributed by atoms with van der Waals surface area (Å²) in [7, 11) is 0. The summed E-state index contributed by atoms with van der Waals surface area (Å²) in [5, 5.41) is 9.01. The molecule has 24 heavy (non-hydrogen) atoms. The lowest BCUT2D eigenvalue weighted by atomic mass is 10.1. The molecule has 1 aromatic heterocycles. The van der Waals surface area contributed by atoms with Crippen LogP contribution in [0, 0.1) is 0 Å². The summed E-state index contributed by atoms with van der Waals surface area (Å²) >= 11 is 0. The molecule has 130 valence electrons. The summed E-state index contributed by atoms with van der Waals surface area (Å²) in [6.07, 6.45) is 7.72. The Morgan fingerprint density at radius 3 is 2.62 bits per heavy atom. The van der Waals surface area contributed by atoms with Gasteiger partial charge in [0.05, 0.1) is 12.2 Å². The van der Waals surface area contributed by atoms with E-state index in [1.165, 1.54) is 4.90 Å². The van der Waals surface area contributed by atoms with Crippen LogP contribution in [0.1, 0.15) is 19.3 Å². The molecule has 0 bridgehead atoms. The predicted molar refractivity (Wildman–Crippen MR) is 87.7 cm³/mol. The first-order valence-electron chi connectivity index (χ1n) is 8.41. The van der Waals surface area contributed by atoms with Crippen LogP contribution in [0.15, 0.2) is 18.6 Å². The molecule has 1 unspecified atom stereocenters. The van der Waals surface area contributed by atoms with Crippen LogP contribution in [0.25, 0.3) is 0 Å². The lowest BCUT2D eigenvalue weighted by Gasteiger charge is -2.39. The number of hydrogen-bond acceptors (Lipinski definition) is 6. The highest BCUT2D eigenvalue weighted by Gasteiger charge is 2.34. The highest BCUT2D eigenvalue weighted by atomic mass is 16.4. The van der Waals surface area contributed by atoms with Crippen molar-refractivity contribution in [3.05, 3.63) is 18.6 Å². The van der Waals surface area contributed by atoms with Crippen LogP contribution in [0.5, 0.6) is 0 Å². The quantitative estimate of drug-likeness (QED) is 0.833. The molecule has 0 aromatic carbocycles. The van der Waals surface area contributed by atoms with Crippen molar-refractivity contribution in [2.24, 2.45) is 0 Å². The number of carbonyl (C=O) groups excluding carboxylic acids is 1. The Kier molecular flexibility index (Phi) is 5.24. The van der Waals surface area contributed by atoms with E-state index in [0.29, 0.717) is 6.54 Å². The third-order valence-corrected chi connectivity index (χ3v) is 4.71. The molecule has 1 aromatic rings. The van der Waals surface area contributed by atoms with E-state index < -0.39 is 5.97 Å². The van der Waals surface area contributed by atoms with Crippen molar-refractivity contribution in [2.45, 2.75) is 25.3 Å². The number of amides is 1. The van der Waals surface area contributed by atoms with E-state index in [0.717, 1.165) is 51.3 Å². The Morgan fingerprint density at radius 2 is 1.96 bits per heavy atom. The maximum absolute atomic E-state index is 12.7. The third kappa shape index (κ3) is 3.81. The van der Waals surface area contributed by atoms with Crippen molar-refractivity contribution < 1.29 is 14.7 Å². The molecule has 0 aliphatic carbocycles. The van der Waals surface area contributed by atoms with Gasteiger partial charge < -0.3 is 14.9 Å². The largest absolute Gasteiger partial charge is 0.480 e. The Bertz CT molecular complexity index is 574. The fourth-order valence-corrected chi connectivity index (χ4v) is 3.46. The zero-order valence-electron chi connectivity index (χ0n) is 13.7. The molecule has 0 radical (unpaired) electrons. The lowest BCUT2D eigenvalue weighted by Crippen LogP contribution is -2.55. The SMILES string of the molecule is O=C(O)CN1CCCCC(N2CCN(c3cnccn3)CC2)C1=O. The van der Waals surface area contributed by atoms with Gasteiger partial charge in [0.2, 0.25) is 5.91 Å². The van der Waals surface area contributed by atoms with Gasteiger partial charge in [-0.3, -0.25) is 19.5 Å². The number of likely N-dealkylation sites (tertiary alicyclic amines) is 1. The second-order valence-corrected chi connectivity index (χ2v) is 6.25. The number of aromatic nitrogens is 2. The van der Waals surface area contributed by atoms with Crippen molar-refractivity contribution in [3.63, 3.8) is 0 Å². The molecule has 0 saturated carbocycles. The fraction of sp³-hybridized carbons (Fsp3) is 0.625. The van der Waals surface area contributed by atoms with Gasteiger partial charge in [0.1, 0.15) is 12.4 Å². The van der Waals surface area contributed by atoms with Crippen LogP contribution in [-0.2, 0) is 9.59 Å². The summed E-state index contributed by atoms with van der Waals surface area (Å²) < 4.78 is 0. The number of rotatable bonds is 4. The van der Waals surface area contributed by atoms with Gasteiger partial charge in [-0.25, -0.2) is 4.98 Å². The van der Waals surface area contributed by atoms with Gasteiger partial charge >= 0.3 is 5.97 Å². The summed E-state index contributed by atoms with van der Waals surface area (Å²) in [5.74, 6) is -0.129. The minimum Gasteiger partial charge on any atom is -0.480 e. The maximum Gasteiger partial charge on any atom is 0.323 e. The van der Waals surface area contributed by atoms with E-state index in [2.05, 4.69) is 19.8 Å². The molecular weight excluding hydrogens is 310 g/mol. The molecule has 1 atom stereocenters. The number of aliphatic carboxylic acids is 1. The number of carbonyl (C=O) groups is 2. The first kappa shape index (κ1) is 16.6. The van der Waals surface area contributed by atoms with Gasteiger partial charge in [0.15, 0.2) is 0 Å². The van der Waals surface area contributed by atoms with Crippen molar-refractivity contribution >= 4 is 17.7 Å². The summed E-state index contributed by atoms with van der Waals surface area (Å²) in [6.45, 7) is 3.47. The molecule has 2 aliphatic heterocycles. The van der Waals surface area contributed by atoms with Gasteiger partial charge in [-0.1, -0.05) is 0 Å². The smallest absolute Gasteiger partial charge is 0.323 e. The van der Waals surface area contributed by atoms with Crippen LogP contribution in [0.2, 0.25) is 0 Å².